The molecule has 0 unspecified atom stereocenters. The van der Waals surface area contributed by atoms with Crippen LogP contribution in [0.25, 0.3) is 10.4 Å². The fourth-order valence-corrected chi connectivity index (χ4v) is 0.873. The molecule has 0 saturated carbocycles. The van der Waals surface area contributed by atoms with E-state index in [2.05, 4.69) is 15.5 Å². The molecule has 7 nitrogen and oxygen atoms in total. The average molecular weight is 171 g/mol. The summed E-state index contributed by atoms with van der Waals surface area (Å²) in [4.78, 5) is 13.1. The topological polar surface area (TPSA) is 90.3 Å². The van der Waals surface area contributed by atoms with Crippen LogP contribution in [0.4, 0.5) is 4.79 Å². The van der Waals surface area contributed by atoms with Crippen molar-refractivity contribution >= 4 is 6.03 Å². The molecule has 0 atom stereocenters. The third-order valence-corrected chi connectivity index (χ3v) is 1.40. The molecule has 1 saturated heterocycles. The number of carbonyl (C=O) groups is 1. The Morgan fingerprint density at radius 3 is 2.83 bits per heavy atom. The van der Waals surface area contributed by atoms with Crippen molar-refractivity contribution in [1.82, 2.24) is 10.4 Å². The molecule has 2 amide bonds. The van der Waals surface area contributed by atoms with Gasteiger partial charge < -0.3 is 4.74 Å². The standard InChI is InChI=1S/C5H9N5O2/c6-9-7-5(11)8-10-1-3-12-4-2-10/h1-4H2,(H,8,11). The molecule has 12 heavy (non-hydrogen) atoms. The summed E-state index contributed by atoms with van der Waals surface area (Å²) in [6, 6.07) is -0.681. The van der Waals surface area contributed by atoms with E-state index in [0.717, 1.165) is 0 Å². The molecule has 0 spiro atoms. The van der Waals surface area contributed by atoms with E-state index < -0.39 is 6.03 Å². The van der Waals surface area contributed by atoms with Gasteiger partial charge in [-0.2, -0.15) is 0 Å². The first-order valence-electron chi connectivity index (χ1n) is 3.51. The summed E-state index contributed by atoms with van der Waals surface area (Å²) in [6.07, 6.45) is 0. The monoisotopic (exact) mass is 171 g/mol. The van der Waals surface area contributed by atoms with Crippen LogP contribution in [0.1, 0.15) is 0 Å². The van der Waals surface area contributed by atoms with Crippen LogP contribution in [-0.4, -0.2) is 37.3 Å². The number of hydrogen-bond acceptors (Lipinski definition) is 3. The third kappa shape index (κ3) is 2.75. The summed E-state index contributed by atoms with van der Waals surface area (Å²) in [5.74, 6) is 0. The van der Waals surface area contributed by atoms with Crippen LogP contribution >= 0.6 is 0 Å². The van der Waals surface area contributed by atoms with E-state index in [1.165, 1.54) is 0 Å². The van der Waals surface area contributed by atoms with Crippen molar-refractivity contribution in [3.8, 4) is 0 Å². The molecule has 0 aromatic heterocycles. The first kappa shape index (κ1) is 8.79. The number of azide groups is 1. The molecular formula is C5H9N5O2. The van der Waals surface area contributed by atoms with Crippen LogP contribution in [0, 0.1) is 0 Å². The first-order valence-corrected chi connectivity index (χ1v) is 3.51. The molecule has 1 rings (SSSR count). The van der Waals surface area contributed by atoms with Gasteiger partial charge in [0.2, 0.25) is 0 Å². The van der Waals surface area contributed by atoms with Crippen molar-refractivity contribution in [3.05, 3.63) is 10.4 Å². The fourth-order valence-electron chi connectivity index (χ4n) is 0.873. The molecule has 1 aliphatic heterocycles. The molecule has 1 heterocycles. The Bertz CT molecular complexity index is 206. The summed E-state index contributed by atoms with van der Waals surface area (Å²) in [7, 11) is 0. The maximum absolute atomic E-state index is 10.7. The lowest BCUT2D eigenvalue weighted by Crippen LogP contribution is -2.47. The molecule has 0 radical (unpaired) electrons. The summed E-state index contributed by atoms with van der Waals surface area (Å²) in [5, 5.41) is 4.52. The molecule has 0 aliphatic carbocycles. The predicted octanol–water partition coefficient (Wildman–Crippen LogP) is 0.253. The summed E-state index contributed by atoms with van der Waals surface area (Å²) in [5.41, 5.74) is 10.3. The van der Waals surface area contributed by atoms with E-state index in [1.54, 1.807) is 5.01 Å². The second kappa shape index (κ2) is 4.55. The Labute approximate surface area is 68.9 Å². The van der Waals surface area contributed by atoms with Crippen molar-refractivity contribution in [2.24, 2.45) is 5.11 Å². The first-order chi connectivity index (χ1) is 5.83. The number of nitrogens with one attached hydrogen (secondary N) is 1. The lowest BCUT2D eigenvalue weighted by Gasteiger charge is -2.25. The Morgan fingerprint density at radius 1 is 1.58 bits per heavy atom. The minimum atomic E-state index is -0.681. The van der Waals surface area contributed by atoms with Gasteiger partial charge in [0.15, 0.2) is 0 Å². The van der Waals surface area contributed by atoms with Gasteiger partial charge >= 0.3 is 6.03 Å². The van der Waals surface area contributed by atoms with Crippen molar-refractivity contribution < 1.29 is 9.53 Å². The van der Waals surface area contributed by atoms with E-state index in [0.29, 0.717) is 26.3 Å². The maximum Gasteiger partial charge on any atom is 0.322 e. The van der Waals surface area contributed by atoms with Gasteiger partial charge in [-0.05, 0) is 5.53 Å². The number of ether oxygens (including phenoxy) is 1. The van der Waals surface area contributed by atoms with Crippen molar-refractivity contribution in [2.45, 2.75) is 0 Å². The van der Waals surface area contributed by atoms with Gasteiger partial charge in [-0.25, -0.2) is 5.01 Å². The highest BCUT2D eigenvalue weighted by atomic mass is 16.5. The zero-order valence-electron chi connectivity index (χ0n) is 6.43. The third-order valence-electron chi connectivity index (χ3n) is 1.40. The smallest absolute Gasteiger partial charge is 0.322 e. The van der Waals surface area contributed by atoms with E-state index in [1.807, 2.05) is 0 Å². The number of carbonyl (C=O) groups excluding carboxylic acids is 1. The number of rotatable bonds is 1. The Kier molecular flexibility index (Phi) is 3.34. The molecule has 1 fully saturated rings. The van der Waals surface area contributed by atoms with Crippen LogP contribution in [-0.2, 0) is 4.74 Å². The summed E-state index contributed by atoms with van der Waals surface area (Å²) >= 11 is 0. The molecule has 7 heteroatoms. The highest BCUT2D eigenvalue weighted by Crippen LogP contribution is 1.92. The van der Waals surface area contributed by atoms with Gasteiger partial charge in [0.1, 0.15) is 0 Å². The number of hydrogen-bond donors (Lipinski definition) is 1. The Morgan fingerprint density at radius 2 is 2.25 bits per heavy atom. The molecule has 1 N–H and O–H groups in total. The van der Waals surface area contributed by atoms with E-state index >= 15 is 0 Å². The van der Waals surface area contributed by atoms with E-state index in [-0.39, 0.29) is 0 Å². The fraction of sp³-hybridized carbons (Fsp3) is 0.800. The van der Waals surface area contributed by atoms with Gasteiger partial charge in [0.25, 0.3) is 0 Å². The molecule has 0 aromatic rings. The normalized spacial score (nSPS) is 18.0. The molecular weight excluding hydrogens is 162 g/mol. The van der Waals surface area contributed by atoms with Gasteiger partial charge in [-0.1, -0.05) is 0 Å². The van der Waals surface area contributed by atoms with Crippen molar-refractivity contribution in [1.29, 1.82) is 0 Å². The number of urea groups is 1. The van der Waals surface area contributed by atoms with E-state index in [9.17, 15) is 4.79 Å². The maximum atomic E-state index is 10.7. The zero-order valence-corrected chi connectivity index (χ0v) is 6.43. The summed E-state index contributed by atoms with van der Waals surface area (Å²) < 4.78 is 5.04. The lowest BCUT2D eigenvalue weighted by atomic mass is 10.5. The van der Waals surface area contributed by atoms with Crippen LogP contribution in [0.15, 0.2) is 5.11 Å². The van der Waals surface area contributed by atoms with E-state index in [4.69, 9.17) is 10.3 Å². The Hall–Kier alpha value is -1.30. The quantitative estimate of drug-likeness (QED) is 0.348. The van der Waals surface area contributed by atoms with Crippen LogP contribution in [0.2, 0.25) is 0 Å². The average Bonchev–Trinajstić information content (AvgIpc) is 2.06. The molecule has 66 valence electrons. The number of nitrogens with zero attached hydrogens (tertiary/aromatic N) is 4. The van der Waals surface area contributed by atoms with Gasteiger partial charge in [-0.3, -0.25) is 10.2 Å². The molecule has 0 aromatic carbocycles. The zero-order chi connectivity index (χ0) is 8.81. The second-order valence-corrected chi connectivity index (χ2v) is 2.21. The largest absolute Gasteiger partial charge is 0.379 e. The number of hydrazine groups is 1. The number of amides is 2. The SMILES string of the molecule is [N-]=[N+]=NC(=O)NN1CCOCC1. The molecule has 0 bridgehead atoms. The predicted molar refractivity (Wildman–Crippen MR) is 40.1 cm³/mol. The summed E-state index contributed by atoms with van der Waals surface area (Å²) in [6.45, 7) is 2.40. The van der Waals surface area contributed by atoms with Gasteiger partial charge in [0.05, 0.1) is 13.2 Å². The second-order valence-electron chi connectivity index (χ2n) is 2.21. The van der Waals surface area contributed by atoms with Crippen LogP contribution in [0.3, 0.4) is 0 Å². The van der Waals surface area contributed by atoms with Crippen molar-refractivity contribution in [3.63, 3.8) is 0 Å². The minimum absolute atomic E-state index is 0.580. The number of morpholine rings is 1. The highest BCUT2D eigenvalue weighted by Gasteiger charge is 2.11. The minimum Gasteiger partial charge on any atom is -0.379 e. The van der Waals surface area contributed by atoms with Crippen molar-refractivity contribution in [2.75, 3.05) is 26.3 Å². The Balaban J connectivity index is 2.29. The molecule has 1 aliphatic rings. The lowest BCUT2D eigenvalue weighted by molar-refractivity contribution is 0.0203. The highest BCUT2D eigenvalue weighted by molar-refractivity contribution is 5.74. The van der Waals surface area contributed by atoms with Crippen LogP contribution < -0.4 is 5.43 Å². The van der Waals surface area contributed by atoms with Crippen LogP contribution in [0.5, 0.6) is 0 Å². The van der Waals surface area contributed by atoms with Gasteiger partial charge in [-0.15, -0.1) is 0 Å². The van der Waals surface area contributed by atoms with Gasteiger partial charge in [0, 0.05) is 23.1 Å².